The Morgan fingerprint density at radius 3 is 2.64 bits per heavy atom. The molecule has 4 heteroatoms. The molecule has 4 nitrogen and oxygen atoms in total. The van der Waals surface area contributed by atoms with Crippen molar-refractivity contribution >= 4 is 11.5 Å². The van der Waals surface area contributed by atoms with Crippen molar-refractivity contribution in [3.63, 3.8) is 0 Å². The molecule has 74 valence electrons. The van der Waals surface area contributed by atoms with Gasteiger partial charge in [-0.15, -0.1) is 0 Å². The molecular formula is C10H11NO3. The number of hydrogen-bond acceptors (Lipinski definition) is 3. The zero-order valence-corrected chi connectivity index (χ0v) is 7.90. The minimum absolute atomic E-state index is 0.106. The summed E-state index contributed by atoms with van der Waals surface area (Å²) in [6.45, 7) is 1.87. The second kappa shape index (κ2) is 4.50. The Kier molecular flexibility index (Phi) is 3.34. The maximum absolute atomic E-state index is 11.5. The molecule has 1 aromatic rings. The summed E-state index contributed by atoms with van der Waals surface area (Å²) in [5.41, 5.74) is 0.102. The van der Waals surface area contributed by atoms with Crippen molar-refractivity contribution in [2.24, 2.45) is 0 Å². The molecule has 0 fully saturated rings. The van der Waals surface area contributed by atoms with Crippen LogP contribution < -0.4 is 0 Å². The first-order valence-corrected chi connectivity index (χ1v) is 4.43. The summed E-state index contributed by atoms with van der Waals surface area (Å²) in [6.07, 6.45) is 1.05. The summed E-state index contributed by atoms with van der Waals surface area (Å²) in [5, 5.41) is 10.6. The molecule has 0 aliphatic rings. The number of nitrogens with zero attached hydrogens (tertiary/aromatic N) is 1. The summed E-state index contributed by atoms with van der Waals surface area (Å²) < 4.78 is 0. The van der Waals surface area contributed by atoms with Crippen LogP contribution in [0.15, 0.2) is 24.3 Å². The second-order valence-electron chi connectivity index (χ2n) is 2.95. The Labute approximate surface area is 81.7 Å². The van der Waals surface area contributed by atoms with Gasteiger partial charge in [-0.25, -0.2) is 0 Å². The van der Waals surface area contributed by atoms with Crippen LogP contribution in [0.4, 0.5) is 5.69 Å². The lowest BCUT2D eigenvalue weighted by Crippen LogP contribution is -2.02. The normalized spacial score (nSPS) is 9.79. The lowest BCUT2D eigenvalue weighted by molar-refractivity contribution is -0.385. The van der Waals surface area contributed by atoms with Gasteiger partial charge in [0.05, 0.1) is 10.5 Å². The molecule has 0 heterocycles. The molecule has 0 saturated carbocycles. The van der Waals surface area contributed by atoms with Crippen molar-refractivity contribution in [2.45, 2.75) is 19.8 Å². The van der Waals surface area contributed by atoms with E-state index in [1.54, 1.807) is 12.1 Å². The molecule has 1 aromatic carbocycles. The summed E-state index contributed by atoms with van der Waals surface area (Å²) in [7, 11) is 0. The highest BCUT2D eigenvalue weighted by atomic mass is 16.6. The number of carbonyl (C=O) groups excluding carboxylic acids is 1. The van der Waals surface area contributed by atoms with E-state index in [1.165, 1.54) is 12.1 Å². The molecule has 0 amide bonds. The quantitative estimate of drug-likeness (QED) is 0.419. The van der Waals surface area contributed by atoms with Gasteiger partial charge in [0.1, 0.15) is 0 Å². The summed E-state index contributed by atoms with van der Waals surface area (Å²) in [6, 6.07) is 6.04. The Hall–Kier alpha value is -1.71. The number of benzene rings is 1. The van der Waals surface area contributed by atoms with Crippen LogP contribution in [0.25, 0.3) is 0 Å². The molecule has 0 aliphatic heterocycles. The minimum Gasteiger partial charge on any atom is -0.294 e. The Balaban J connectivity index is 3.07. The van der Waals surface area contributed by atoms with Crippen LogP contribution in [0, 0.1) is 10.1 Å². The summed E-state index contributed by atoms with van der Waals surface area (Å²) in [4.78, 5) is 21.5. The van der Waals surface area contributed by atoms with Gasteiger partial charge in [0.2, 0.25) is 0 Å². The molecule has 0 radical (unpaired) electrons. The fourth-order valence-corrected chi connectivity index (χ4v) is 1.23. The third-order valence-corrected chi connectivity index (χ3v) is 1.88. The van der Waals surface area contributed by atoms with Crippen molar-refractivity contribution in [1.29, 1.82) is 0 Å². The van der Waals surface area contributed by atoms with E-state index in [1.807, 2.05) is 6.92 Å². The van der Waals surface area contributed by atoms with Gasteiger partial charge in [-0.05, 0) is 12.5 Å². The first-order chi connectivity index (χ1) is 6.66. The van der Waals surface area contributed by atoms with Crippen LogP contribution in [0.3, 0.4) is 0 Å². The largest absolute Gasteiger partial charge is 0.294 e. The van der Waals surface area contributed by atoms with Crippen LogP contribution in [-0.4, -0.2) is 10.7 Å². The maximum Gasteiger partial charge on any atom is 0.280 e. The number of Topliss-reactive ketones (excluding diaryl/α,β-unsaturated/α-hetero) is 1. The molecule has 0 unspecified atom stereocenters. The highest BCUT2D eigenvalue weighted by molar-refractivity contribution is 5.99. The third-order valence-electron chi connectivity index (χ3n) is 1.88. The highest BCUT2D eigenvalue weighted by Gasteiger charge is 2.17. The number of nitro groups is 1. The van der Waals surface area contributed by atoms with Crippen molar-refractivity contribution in [3.05, 3.63) is 39.9 Å². The minimum atomic E-state index is -0.525. The molecule has 0 spiro atoms. The molecule has 0 saturated heterocycles. The molecule has 14 heavy (non-hydrogen) atoms. The molecule has 0 atom stereocenters. The van der Waals surface area contributed by atoms with Crippen LogP contribution in [0.1, 0.15) is 30.1 Å². The lowest BCUT2D eigenvalue weighted by atomic mass is 10.1. The van der Waals surface area contributed by atoms with Crippen molar-refractivity contribution in [2.75, 3.05) is 0 Å². The monoisotopic (exact) mass is 193 g/mol. The van der Waals surface area contributed by atoms with Gasteiger partial charge in [0, 0.05) is 12.5 Å². The molecule has 0 bridgehead atoms. The van der Waals surface area contributed by atoms with E-state index in [0.717, 1.165) is 0 Å². The van der Waals surface area contributed by atoms with Crippen LogP contribution in [-0.2, 0) is 0 Å². The third kappa shape index (κ3) is 2.16. The van der Waals surface area contributed by atoms with E-state index in [0.29, 0.717) is 12.8 Å². The van der Waals surface area contributed by atoms with E-state index in [-0.39, 0.29) is 17.0 Å². The van der Waals surface area contributed by atoms with Crippen LogP contribution >= 0.6 is 0 Å². The number of nitro benzene ring substituents is 1. The van der Waals surface area contributed by atoms with E-state index in [2.05, 4.69) is 0 Å². The zero-order valence-electron chi connectivity index (χ0n) is 7.90. The SMILES string of the molecule is CCCC(=O)c1ccccc1[N+](=O)[O-]. The predicted molar refractivity (Wildman–Crippen MR) is 52.3 cm³/mol. The van der Waals surface area contributed by atoms with Gasteiger partial charge >= 0.3 is 0 Å². The number of rotatable bonds is 4. The topological polar surface area (TPSA) is 60.2 Å². The molecule has 0 aromatic heterocycles. The number of para-hydroxylation sites is 1. The van der Waals surface area contributed by atoms with Crippen molar-refractivity contribution < 1.29 is 9.72 Å². The average molecular weight is 193 g/mol. The van der Waals surface area contributed by atoms with Crippen LogP contribution in [0.2, 0.25) is 0 Å². The highest BCUT2D eigenvalue weighted by Crippen LogP contribution is 2.19. The lowest BCUT2D eigenvalue weighted by Gasteiger charge is -1.99. The van der Waals surface area contributed by atoms with Gasteiger partial charge in [-0.2, -0.15) is 0 Å². The van der Waals surface area contributed by atoms with E-state index >= 15 is 0 Å². The number of hydrogen-bond donors (Lipinski definition) is 0. The Morgan fingerprint density at radius 1 is 1.43 bits per heavy atom. The molecular weight excluding hydrogens is 182 g/mol. The van der Waals surface area contributed by atoms with E-state index in [4.69, 9.17) is 0 Å². The maximum atomic E-state index is 11.5. The Bertz CT molecular complexity index is 360. The number of carbonyl (C=O) groups is 1. The fourth-order valence-electron chi connectivity index (χ4n) is 1.23. The standard InChI is InChI=1S/C10H11NO3/c1-2-5-10(12)8-6-3-4-7-9(8)11(13)14/h3-4,6-7H,2,5H2,1H3. The molecule has 1 rings (SSSR count). The van der Waals surface area contributed by atoms with Gasteiger partial charge in [0.15, 0.2) is 5.78 Å². The van der Waals surface area contributed by atoms with E-state index < -0.39 is 4.92 Å². The number of ketones is 1. The average Bonchev–Trinajstić information content (AvgIpc) is 2.18. The van der Waals surface area contributed by atoms with Gasteiger partial charge in [0.25, 0.3) is 5.69 Å². The van der Waals surface area contributed by atoms with Crippen LogP contribution in [0.5, 0.6) is 0 Å². The smallest absolute Gasteiger partial charge is 0.280 e. The first kappa shape index (κ1) is 10.4. The summed E-state index contributed by atoms with van der Waals surface area (Å²) in [5.74, 6) is -0.167. The van der Waals surface area contributed by atoms with Gasteiger partial charge in [-0.1, -0.05) is 19.1 Å². The molecule has 0 aliphatic carbocycles. The zero-order chi connectivity index (χ0) is 10.6. The first-order valence-electron chi connectivity index (χ1n) is 4.43. The van der Waals surface area contributed by atoms with Crippen molar-refractivity contribution in [1.82, 2.24) is 0 Å². The van der Waals surface area contributed by atoms with E-state index in [9.17, 15) is 14.9 Å². The van der Waals surface area contributed by atoms with Crippen molar-refractivity contribution in [3.8, 4) is 0 Å². The Morgan fingerprint density at radius 2 is 2.07 bits per heavy atom. The predicted octanol–water partition coefficient (Wildman–Crippen LogP) is 2.58. The second-order valence-corrected chi connectivity index (χ2v) is 2.95. The fraction of sp³-hybridized carbons (Fsp3) is 0.300. The molecule has 0 N–H and O–H groups in total. The summed E-state index contributed by atoms with van der Waals surface area (Å²) >= 11 is 0. The van der Waals surface area contributed by atoms with Gasteiger partial charge < -0.3 is 0 Å². The van der Waals surface area contributed by atoms with Gasteiger partial charge in [-0.3, -0.25) is 14.9 Å².